The zero-order valence-corrected chi connectivity index (χ0v) is 8.31. The van der Waals surface area contributed by atoms with E-state index in [2.05, 4.69) is 11.1 Å². The molecule has 0 aliphatic heterocycles. The molecule has 88 valence electrons. The second kappa shape index (κ2) is 7.18. The van der Waals surface area contributed by atoms with Gasteiger partial charge >= 0.3 is 6.03 Å². The molecule has 0 radical (unpaired) electrons. The third-order valence-corrected chi connectivity index (χ3v) is 1.27. The first-order chi connectivity index (χ1) is 7.45. The number of amides is 3. The Bertz CT molecular complexity index is 354. The number of aliphatic hydroxyl groups excluding tert-OH is 1. The Morgan fingerprint density at radius 2 is 1.69 bits per heavy atom. The van der Waals surface area contributed by atoms with Gasteiger partial charge in [0.25, 0.3) is 0 Å². The molecule has 0 aliphatic rings. The lowest BCUT2D eigenvalue weighted by atomic mass is 10.3. The maximum Gasteiger partial charge on any atom is 0.316 e. The summed E-state index contributed by atoms with van der Waals surface area (Å²) in [4.78, 5) is 19.6. The summed E-state index contributed by atoms with van der Waals surface area (Å²) in [5.41, 5.74) is 9.71. The first-order valence-electron chi connectivity index (χ1n) is 4.17. The maximum atomic E-state index is 12.3. The first-order valence-corrected chi connectivity index (χ1v) is 4.17. The van der Waals surface area contributed by atoms with E-state index < -0.39 is 18.5 Å². The van der Waals surface area contributed by atoms with Gasteiger partial charge in [0.05, 0.1) is 0 Å². The summed E-state index contributed by atoms with van der Waals surface area (Å²) in [6.45, 7) is -0.556. The fourth-order valence-corrected chi connectivity index (χ4v) is 0.675. The van der Waals surface area contributed by atoms with Gasteiger partial charge < -0.3 is 21.9 Å². The SMILES string of the molecule is NC(=O)CO.NC(=O)Nc1ccc(F)cc1. The number of nitrogens with two attached hydrogens (primary N) is 2. The highest BCUT2D eigenvalue weighted by molar-refractivity contribution is 5.87. The molecular formula is C9H12FN3O3. The minimum atomic E-state index is -0.690. The summed E-state index contributed by atoms with van der Waals surface area (Å²) in [6.07, 6.45) is 0. The first kappa shape index (κ1) is 13.8. The average Bonchev–Trinajstić information content (AvgIpc) is 2.22. The van der Waals surface area contributed by atoms with Crippen molar-refractivity contribution in [2.24, 2.45) is 11.5 Å². The van der Waals surface area contributed by atoms with Gasteiger partial charge in [-0.3, -0.25) is 4.79 Å². The van der Waals surface area contributed by atoms with Gasteiger partial charge in [-0.2, -0.15) is 0 Å². The van der Waals surface area contributed by atoms with Gasteiger partial charge in [0, 0.05) is 5.69 Å². The van der Waals surface area contributed by atoms with Crippen molar-refractivity contribution in [2.45, 2.75) is 0 Å². The monoisotopic (exact) mass is 229 g/mol. The van der Waals surface area contributed by atoms with Crippen molar-refractivity contribution in [1.82, 2.24) is 0 Å². The minimum absolute atomic E-state index is 0.347. The van der Waals surface area contributed by atoms with E-state index in [1.54, 1.807) is 0 Å². The van der Waals surface area contributed by atoms with Gasteiger partial charge in [-0.1, -0.05) is 0 Å². The fourth-order valence-electron chi connectivity index (χ4n) is 0.675. The van der Waals surface area contributed by atoms with Gasteiger partial charge in [0.1, 0.15) is 12.4 Å². The molecule has 0 unspecified atom stereocenters. The molecule has 7 heteroatoms. The van der Waals surface area contributed by atoms with Crippen molar-refractivity contribution in [2.75, 3.05) is 11.9 Å². The van der Waals surface area contributed by atoms with Crippen LogP contribution in [0.2, 0.25) is 0 Å². The lowest BCUT2D eigenvalue weighted by molar-refractivity contribution is -0.120. The summed E-state index contributed by atoms with van der Waals surface area (Å²) < 4.78 is 12.3. The molecule has 6 N–H and O–H groups in total. The van der Waals surface area contributed by atoms with E-state index in [-0.39, 0.29) is 5.82 Å². The van der Waals surface area contributed by atoms with Gasteiger partial charge in [-0.25, -0.2) is 9.18 Å². The number of nitrogens with one attached hydrogen (secondary N) is 1. The van der Waals surface area contributed by atoms with Crippen molar-refractivity contribution in [1.29, 1.82) is 0 Å². The maximum absolute atomic E-state index is 12.3. The lowest BCUT2D eigenvalue weighted by Gasteiger charge is -1.98. The smallest absolute Gasteiger partial charge is 0.316 e. The third kappa shape index (κ3) is 7.27. The Kier molecular flexibility index (Phi) is 6.22. The summed E-state index contributed by atoms with van der Waals surface area (Å²) >= 11 is 0. The van der Waals surface area contributed by atoms with Crippen molar-refractivity contribution in [3.63, 3.8) is 0 Å². The van der Waals surface area contributed by atoms with Gasteiger partial charge in [0.15, 0.2) is 0 Å². The number of rotatable bonds is 2. The van der Waals surface area contributed by atoms with E-state index in [0.29, 0.717) is 5.69 Å². The van der Waals surface area contributed by atoms with E-state index >= 15 is 0 Å². The number of benzene rings is 1. The zero-order valence-electron chi connectivity index (χ0n) is 8.31. The summed E-state index contributed by atoms with van der Waals surface area (Å²) in [5.74, 6) is -1.04. The number of carbonyl (C=O) groups excluding carboxylic acids is 2. The van der Waals surface area contributed by atoms with Crippen molar-refractivity contribution < 1.29 is 19.1 Å². The molecule has 1 aromatic carbocycles. The molecule has 3 amide bonds. The highest BCUT2D eigenvalue weighted by atomic mass is 19.1. The summed E-state index contributed by atoms with van der Waals surface area (Å²) in [7, 11) is 0. The lowest BCUT2D eigenvalue weighted by Crippen LogP contribution is -2.19. The van der Waals surface area contributed by atoms with Crippen LogP contribution in [0.3, 0.4) is 0 Å². The molecule has 0 saturated heterocycles. The molecule has 0 aliphatic carbocycles. The van der Waals surface area contributed by atoms with Crippen LogP contribution in [0.1, 0.15) is 0 Å². The average molecular weight is 229 g/mol. The van der Waals surface area contributed by atoms with E-state index in [4.69, 9.17) is 10.8 Å². The number of hydrogen-bond acceptors (Lipinski definition) is 3. The second-order valence-electron chi connectivity index (χ2n) is 2.62. The van der Waals surface area contributed by atoms with Gasteiger partial charge in [0.2, 0.25) is 5.91 Å². The van der Waals surface area contributed by atoms with Crippen LogP contribution in [0.4, 0.5) is 14.9 Å². The highest BCUT2D eigenvalue weighted by Gasteiger charge is 1.94. The van der Waals surface area contributed by atoms with Crippen LogP contribution >= 0.6 is 0 Å². The third-order valence-electron chi connectivity index (χ3n) is 1.27. The van der Waals surface area contributed by atoms with Gasteiger partial charge in [-0.05, 0) is 24.3 Å². The Labute approximate surface area is 91.0 Å². The van der Waals surface area contributed by atoms with E-state index in [0.717, 1.165) is 0 Å². The minimum Gasteiger partial charge on any atom is -0.387 e. The van der Waals surface area contributed by atoms with Crippen LogP contribution in [0.25, 0.3) is 0 Å². The molecule has 0 atom stereocenters. The quantitative estimate of drug-likeness (QED) is 0.561. The molecule has 0 fully saturated rings. The van der Waals surface area contributed by atoms with Gasteiger partial charge in [-0.15, -0.1) is 0 Å². The Hall–Kier alpha value is -2.15. The standard InChI is InChI=1S/C7H7FN2O.C2H5NO2/c8-5-1-3-6(4-2-5)10-7(9)11;3-2(5)1-4/h1-4H,(H3,9,10,11);4H,1H2,(H2,3,5). The topological polar surface area (TPSA) is 118 Å². The highest BCUT2D eigenvalue weighted by Crippen LogP contribution is 2.06. The molecular weight excluding hydrogens is 217 g/mol. The molecule has 1 aromatic rings. The van der Waals surface area contributed by atoms with Crippen LogP contribution in [0, 0.1) is 5.82 Å². The Balaban J connectivity index is 0.000000385. The number of halogens is 1. The van der Waals surface area contributed by atoms with E-state index in [1.165, 1.54) is 24.3 Å². The van der Waals surface area contributed by atoms with Crippen LogP contribution in [0.15, 0.2) is 24.3 Å². The number of urea groups is 1. The number of anilines is 1. The van der Waals surface area contributed by atoms with Crippen LogP contribution in [-0.2, 0) is 4.79 Å². The molecule has 0 saturated carbocycles. The molecule has 0 heterocycles. The molecule has 0 bridgehead atoms. The predicted molar refractivity (Wildman–Crippen MR) is 55.9 cm³/mol. The fraction of sp³-hybridized carbons (Fsp3) is 0.111. The Morgan fingerprint density at radius 3 is 2.00 bits per heavy atom. The predicted octanol–water partition coefficient (Wildman–Crippen LogP) is -0.220. The normalized spacial score (nSPS) is 8.62. The van der Waals surface area contributed by atoms with Crippen molar-refractivity contribution in [3.8, 4) is 0 Å². The van der Waals surface area contributed by atoms with Crippen LogP contribution in [-0.4, -0.2) is 23.7 Å². The second-order valence-corrected chi connectivity index (χ2v) is 2.62. The van der Waals surface area contributed by atoms with Crippen LogP contribution < -0.4 is 16.8 Å². The molecule has 16 heavy (non-hydrogen) atoms. The molecule has 6 nitrogen and oxygen atoms in total. The number of carbonyl (C=O) groups is 2. The summed E-state index contributed by atoms with van der Waals surface area (Å²) in [6, 6.07) is 4.69. The van der Waals surface area contributed by atoms with Crippen LogP contribution in [0.5, 0.6) is 0 Å². The van der Waals surface area contributed by atoms with E-state index in [9.17, 15) is 14.0 Å². The number of hydrogen-bond donors (Lipinski definition) is 4. The molecule has 0 aromatic heterocycles. The van der Waals surface area contributed by atoms with E-state index in [1.807, 2.05) is 0 Å². The molecule has 0 spiro atoms. The number of primary amides is 2. The molecule has 1 rings (SSSR count). The van der Waals surface area contributed by atoms with Crippen molar-refractivity contribution in [3.05, 3.63) is 30.1 Å². The number of aliphatic hydroxyl groups is 1. The zero-order chi connectivity index (χ0) is 12.6. The Morgan fingerprint density at radius 1 is 1.25 bits per heavy atom. The van der Waals surface area contributed by atoms with Crippen molar-refractivity contribution >= 4 is 17.6 Å². The summed E-state index contributed by atoms with van der Waals surface area (Å²) in [5, 5.41) is 9.97. The largest absolute Gasteiger partial charge is 0.387 e.